The van der Waals surface area contributed by atoms with E-state index in [1.54, 1.807) is 6.08 Å². The summed E-state index contributed by atoms with van der Waals surface area (Å²) in [7, 11) is 0. The van der Waals surface area contributed by atoms with Crippen LogP contribution in [0.25, 0.3) is 0 Å². The van der Waals surface area contributed by atoms with E-state index in [-0.39, 0.29) is 5.41 Å². The highest BCUT2D eigenvalue weighted by Gasteiger charge is 2.24. The lowest BCUT2D eigenvalue weighted by molar-refractivity contribution is 0.115. The van der Waals surface area contributed by atoms with Crippen LogP contribution in [-0.4, -0.2) is 11.2 Å². The van der Waals surface area contributed by atoms with Crippen LogP contribution in [0.2, 0.25) is 0 Å². The van der Waals surface area contributed by atoms with Crippen LogP contribution in [0, 0.1) is 5.41 Å². The van der Waals surface area contributed by atoms with Crippen molar-refractivity contribution in [3.63, 3.8) is 0 Å². The van der Waals surface area contributed by atoms with Crippen molar-refractivity contribution in [2.24, 2.45) is 5.41 Å². The Morgan fingerprint density at radius 1 is 1.55 bits per heavy atom. The molecule has 1 heteroatoms. The van der Waals surface area contributed by atoms with Crippen molar-refractivity contribution in [2.45, 2.75) is 33.8 Å². The highest BCUT2D eigenvalue weighted by atomic mass is 16.3. The quantitative estimate of drug-likeness (QED) is 0.619. The molecule has 11 heavy (non-hydrogen) atoms. The van der Waals surface area contributed by atoms with Gasteiger partial charge < -0.3 is 5.11 Å². The van der Waals surface area contributed by atoms with E-state index in [2.05, 4.69) is 6.58 Å². The lowest BCUT2D eigenvalue weighted by atomic mass is 9.83. The molecule has 0 saturated carbocycles. The summed E-state index contributed by atoms with van der Waals surface area (Å²) in [6.45, 7) is 11.5. The summed E-state index contributed by atoms with van der Waals surface area (Å²) in [5.74, 6) is 0. The minimum absolute atomic E-state index is 0.226. The topological polar surface area (TPSA) is 20.2 Å². The highest BCUT2D eigenvalue weighted by molar-refractivity contribution is 5.11. The Labute approximate surface area is 69.4 Å². The predicted octanol–water partition coefficient (Wildman–Crippen LogP) is 2.53. The van der Waals surface area contributed by atoms with Gasteiger partial charge in [-0.2, -0.15) is 0 Å². The lowest BCUT2D eigenvalue weighted by Crippen LogP contribution is -2.27. The molecule has 1 unspecified atom stereocenters. The fourth-order valence-electron chi connectivity index (χ4n) is 0.856. The maximum absolute atomic E-state index is 9.71. The molecular weight excluding hydrogens is 136 g/mol. The van der Waals surface area contributed by atoms with Crippen LogP contribution in [-0.2, 0) is 0 Å². The van der Waals surface area contributed by atoms with Crippen molar-refractivity contribution in [2.75, 3.05) is 0 Å². The number of aliphatic hydroxyl groups excluding tert-OH is 1. The summed E-state index contributed by atoms with van der Waals surface area (Å²) >= 11 is 0. The lowest BCUT2D eigenvalue weighted by Gasteiger charge is -2.27. The summed E-state index contributed by atoms with van der Waals surface area (Å²) in [4.78, 5) is 0. The van der Waals surface area contributed by atoms with Gasteiger partial charge in [-0.05, 0) is 19.4 Å². The first kappa shape index (κ1) is 10.4. The van der Waals surface area contributed by atoms with Crippen molar-refractivity contribution in [3.05, 3.63) is 24.3 Å². The Bertz CT molecular complexity index is 166. The standard InChI is InChI=1S/C10H18O/c1-6-8(3)9(11)10(4,5)7-2/h6-7,9,11H,2H2,1,3-5H3/b8-6-. The molecule has 64 valence electrons. The zero-order chi connectivity index (χ0) is 9.07. The molecule has 1 nitrogen and oxygen atoms in total. The fourth-order valence-corrected chi connectivity index (χ4v) is 0.856. The molecule has 0 radical (unpaired) electrons. The first-order chi connectivity index (χ1) is 4.95. The van der Waals surface area contributed by atoms with E-state index >= 15 is 0 Å². The van der Waals surface area contributed by atoms with Crippen LogP contribution in [0.3, 0.4) is 0 Å². The van der Waals surface area contributed by atoms with Crippen molar-refractivity contribution in [1.29, 1.82) is 0 Å². The van der Waals surface area contributed by atoms with Crippen LogP contribution in [0.4, 0.5) is 0 Å². The predicted molar refractivity (Wildman–Crippen MR) is 49.4 cm³/mol. The van der Waals surface area contributed by atoms with Crippen LogP contribution in [0.15, 0.2) is 24.3 Å². The van der Waals surface area contributed by atoms with Gasteiger partial charge in [-0.25, -0.2) is 0 Å². The van der Waals surface area contributed by atoms with Crippen LogP contribution < -0.4 is 0 Å². The normalized spacial score (nSPS) is 16.3. The summed E-state index contributed by atoms with van der Waals surface area (Å²) in [5, 5.41) is 9.71. The minimum atomic E-state index is -0.412. The third kappa shape index (κ3) is 2.51. The average molecular weight is 154 g/mol. The Balaban J connectivity index is 4.47. The highest BCUT2D eigenvalue weighted by Crippen LogP contribution is 2.26. The molecule has 0 rings (SSSR count). The van der Waals surface area contributed by atoms with E-state index in [1.807, 2.05) is 33.8 Å². The molecule has 0 aliphatic rings. The van der Waals surface area contributed by atoms with Gasteiger partial charge in [-0.15, -0.1) is 6.58 Å². The molecule has 0 aliphatic heterocycles. The largest absolute Gasteiger partial charge is 0.388 e. The van der Waals surface area contributed by atoms with Gasteiger partial charge in [0.15, 0.2) is 0 Å². The second-order valence-electron chi connectivity index (χ2n) is 3.46. The molecule has 1 atom stereocenters. The SMILES string of the molecule is C=CC(C)(C)C(O)/C(C)=C\C. The Kier molecular flexibility index (Phi) is 3.53. The zero-order valence-corrected chi connectivity index (χ0v) is 7.89. The molecule has 0 aromatic carbocycles. The van der Waals surface area contributed by atoms with Crippen molar-refractivity contribution in [1.82, 2.24) is 0 Å². The number of rotatable bonds is 3. The minimum Gasteiger partial charge on any atom is -0.388 e. The van der Waals surface area contributed by atoms with E-state index in [9.17, 15) is 5.11 Å². The second kappa shape index (κ2) is 3.72. The van der Waals surface area contributed by atoms with E-state index in [4.69, 9.17) is 0 Å². The van der Waals surface area contributed by atoms with E-state index in [0.29, 0.717) is 0 Å². The summed E-state index contributed by atoms with van der Waals surface area (Å²) in [6, 6.07) is 0. The third-order valence-electron chi connectivity index (χ3n) is 2.12. The van der Waals surface area contributed by atoms with Crippen molar-refractivity contribution in [3.8, 4) is 0 Å². The van der Waals surface area contributed by atoms with E-state index < -0.39 is 6.10 Å². The number of aliphatic hydroxyl groups is 1. The van der Waals surface area contributed by atoms with Gasteiger partial charge in [0.25, 0.3) is 0 Å². The Morgan fingerprint density at radius 2 is 2.00 bits per heavy atom. The van der Waals surface area contributed by atoms with Crippen LogP contribution in [0.1, 0.15) is 27.7 Å². The monoisotopic (exact) mass is 154 g/mol. The van der Waals surface area contributed by atoms with Crippen molar-refractivity contribution < 1.29 is 5.11 Å². The van der Waals surface area contributed by atoms with Crippen LogP contribution >= 0.6 is 0 Å². The number of allylic oxidation sites excluding steroid dienone is 1. The number of hydrogen-bond acceptors (Lipinski definition) is 1. The van der Waals surface area contributed by atoms with Crippen molar-refractivity contribution >= 4 is 0 Å². The zero-order valence-electron chi connectivity index (χ0n) is 7.89. The van der Waals surface area contributed by atoms with Gasteiger partial charge in [-0.1, -0.05) is 26.0 Å². The molecule has 0 aromatic rings. The summed E-state index contributed by atoms with van der Waals surface area (Å²) < 4.78 is 0. The molecule has 0 aromatic heterocycles. The smallest absolute Gasteiger partial charge is 0.0832 e. The van der Waals surface area contributed by atoms with E-state index in [0.717, 1.165) is 5.57 Å². The maximum Gasteiger partial charge on any atom is 0.0832 e. The van der Waals surface area contributed by atoms with Gasteiger partial charge in [0, 0.05) is 5.41 Å². The average Bonchev–Trinajstić information content (AvgIpc) is 2.01. The van der Waals surface area contributed by atoms with Gasteiger partial charge >= 0.3 is 0 Å². The first-order valence-electron chi connectivity index (χ1n) is 3.90. The number of hydrogen-bond donors (Lipinski definition) is 1. The molecule has 0 amide bonds. The second-order valence-corrected chi connectivity index (χ2v) is 3.46. The molecule has 0 saturated heterocycles. The molecule has 0 aliphatic carbocycles. The van der Waals surface area contributed by atoms with Gasteiger partial charge in [0.05, 0.1) is 6.10 Å². The molecule has 1 N–H and O–H groups in total. The maximum atomic E-state index is 9.71. The van der Waals surface area contributed by atoms with Gasteiger partial charge in [-0.3, -0.25) is 0 Å². The molecule has 0 bridgehead atoms. The first-order valence-corrected chi connectivity index (χ1v) is 3.90. The summed E-state index contributed by atoms with van der Waals surface area (Å²) in [6.07, 6.45) is 3.30. The molecular formula is C10H18O. The van der Waals surface area contributed by atoms with Gasteiger partial charge in [0.2, 0.25) is 0 Å². The Morgan fingerprint density at radius 3 is 2.27 bits per heavy atom. The Hall–Kier alpha value is -0.560. The van der Waals surface area contributed by atoms with Gasteiger partial charge in [0.1, 0.15) is 0 Å². The van der Waals surface area contributed by atoms with Crippen LogP contribution in [0.5, 0.6) is 0 Å². The molecule has 0 fully saturated rings. The third-order valence-corrected chi connectivity index (χ3v) is 2.12. The summed E-state index contributed by atoms with van der Waals surface area (Å²) in [5.41, 5.74) is 0.770. The fraction of sp³-hybridized carbons (Fsp3) is 0.600. The van der Waals surface area contributed by atoms with E-state index in [1.165, 1.54) is 0 Å². The molecule has 0 heterocycles. The molecule has 0 spiro atoms.